The standard InChI is InChI=1S/C10H21N/c1-8-10(5,6-7-11-8)9(2,3)4/h8,11H,6-7H2,1-5H3. The van der Waals surface area contributed by atoms with Crippen LogP contribution < -0.4 is 5.32 Å². The zero-order valence-electron chi connectivity index (χ0n) is 8.49. The van der Waals surface area contributed by atoms with Gasteiger partial charge in [0.05, 0.1) is 0 Å². The Morgan fingerprint density at radius 1 is 1.36 bits per heavy atom. The molecule has 0 saturated carbocycles. The average Bonchev–Trinajstić information content (AvgIpc) is 2.12. The van der Waals surface area contributed by atoms with E-state index in [1.165, 1.54) is 13.0 Å². The maximum Gasteiger partial charge on any atom is 0.00980 e. The van der Waals surface area contributed by atoms with Crippen LogP contribution in [-0.2, 0) is 0 Å². The van der Waals surface area contributed by atoms with Crippen molar-refractivity contribution in [3.05, 3.63) is 0 Å². The van der Waals surface area contributed by atoms with Crippen molar-refractivity contribution in [1.82, 2.24) is 5.32 Å². The predicted octanol–water partition coefficient (Wildman–Crippen LogP) is 2.42. The van der Waals surface area contributed by atoms with Gasteiger partial charge in [0.25, 0.3) is 0 Å². The predicted molar refractivity (Wildman–Crippen MR) is 49.6 cm³/mol. The van der Waals surface area contributed by atoms with Crippen molar-refractivity contribution in [2.75, 3.05) is 6.54 Å². The van der Waals surface area contributed by atoms with Gasteiger partial charge in [-0.05, 0) is 30.7 Å². The fraction of sp³-hybridized carbons (Fsp3) is 1.00. The summed E-state index contributed by atoms with van der Waals surface area (Å²) in [5, 5.41) is 3.52. The molecule has 2 unspecified atom stereocenters. The topological polar surface area (TPSA) is 12.0 Å². The Bertz CT molecular complexity index is 145. The smallest absolute Gasteiger partial charge is 0.00980 e. The Labute approximate surface area is 70.6 Å². The van der Waals surface area contributed by atoms with Crippen molar-refractivity contribution in [2.45, 2.75) is 47.1 Å². The minimum atomic E-state index is 0.427. The molecule has 1 aliphatic heterocycles. The summed E-state index contributed by atoms with van der Waals surface area (Å²) in [5.74, 6) is 0. The van der Waals surface area contributed by atoms with Gasteiger partial charge in [-0.25, -0.2) is 0 Å². The molecule has 1 heterocycles. The normalized spacial score (nSPS) is 39.5. The highest BCUT2D eigenvalue weighted by molar-refractivity contribution is 4.98. The van der Waals surface area contributed by atoms with Crippen LogP contribution in [0.1, 0.15) is 41.0 Å². The third kappa shape index (κ3) is 1.31. The minimum Gasteiger partial charge on any atom is -0.314 e. The molecule has 0 bridgehead atoms. The van der Waals surface area contributed by atoms with Gasteiger partial charge in [-0.3, -0.25) is 0 Å². The highest BCUT2D eigenvalue weighted by Gasteiger charge is 2.44. The summed E-state index contributed by atoms with van der Waals surface area (Å²) in [4.78, 5) is 0. The first-order chi connectivity index (χ1) is 4.88. The van der Waals surface area contributed by atoms with Gasteiger partial charge in [0, 0.05) is 6.04 Å². The second-order valence-electron chi connectivity index (χ2n) is 5.09. The van der Waals surface area contributed by atoms with E-state index in [2.05, 4.69) is 39.9 Å². The summed E-state index contributed by atoms with van der Waals surface area (Å²) in [6, 6.07) is 0.669. The molecule has 0 aromatic heterocycles. The van der Waals surface area contributed by atoms with Crippen LogP contribution in [0.5, 0.6) is 0 Å². The van der Waals surface area contributed by atoms with E-state index in [0.717, 1.165) is 0 Å². The van der Waals surface area contributed by atoms with Crippen molar-refractivity contribution < 1.29 is 0 Å². The summed E-state index contributed by atoms with van der Waals surface area (Å²) in [5.41, 5.74) is 0.906. The van der Waals surface area contributed by atoms with Crippen molar-refractivity contribution >= 4 is 0 Å². The molecule has 0 aromatic rings. The van der Waals surface area contributed by atoms with E-state index in [-0.39, 0.29) is 0 Å². The lowest BCUT2D eigenvalue weighted by Crippen LogP contribution is -2.41. The summed E-state index contributed by atoms with van der Waals surface area (Å²) in [6.45, 7) is 12.9. The number of hydrogen-bond donors (Lipinski definition) is 1. The van der Waals surface area contributed by atoms with Crippen LogP contribution in [0.25, 0.3) is 0 Å². The van der Waals surface area contributed by atoms with E-state index in [9.17, 15) is 0 Å². The van der Waals surface area contributed by atoms with Crippen LogP contribution in [-0.4, -0.2) is 12.6 Å². The Morgan fingerprint density at radius 3 is 2.09 bits per heavy atom. The first kappa shape index (κ1) is 9.05. The van der Waals surface area contributed by atoms with Gasteiger partial charge < -0.3 is 5.32 Å². The molecule has 2 atom stereocenters. The van der Waals surface area contributed by atoms with Gasteiger partial charge >= 0.3 is 0 Å². The van der Waals surface area contributed by atoms with Crippen molar-refractivity contribution in [3.63, 3.8) is 0 Å². The number of hydrogen-bond acceptors (Lipinski definition) is 1. The van der Waals surface area contributed by atoms with Crippen molar-refractivity contribution in [3.8, 4) is 0 Å². The highest BCUT2D eigenvalue weighted by Crippen LogP contribution is 2.46. The number of rotatable bonds is 0. The second-order valence-corrected chi connectivity index (χ2v) is 5.09. The van der Waals surface area contributed by atoms with Gasteiger partial charge in [0.15, 0.2) is 0 Å². The maximum absolute atomic E-state index is 3.52. The number of nitrogens with one attached hydrogen (secondary N) is 1. The molecule has 1 heteroatoms. The molecule has 1 fully saturated rings. The molecule has 0 aliphatic carbocycles. The van der Waals surface area contributed by atoms with Crippen LogP contribution in [0.4, 0.5) is 0 Å². The Kier molecular flexibility index (Phi) is 2.04. The molecular weight excluding hydrogens is 134 g/mol. The molecule has 1 saturated heterocycles. The third-order valence-corrected chi connectivity index (χ3v) is 3.76. The quantitative estimate of drug-likeness (QED) is 0.566. The first-order valence-corrected chi connectivity index (χ1v) is 4.61. The molecule has 1 N–H and O–H groups in total. The van der Waals surface area contributed by atoms with E-state index in [1.54, 1.807) is 0 Å². The lowest BCUT2D eigenvalue weighted by Gasteiger charge is -2.42. The van der Waals surface area contributed by atoms with Gasteiger partial charge in [-0.2, -0.15) is 0 Å². The van der Waals surface area contributed by atoms with Gasteiger partial charge in [0.2, 0.25) is 0 Å². The lowest BCUT2D eigenvalue weighted by molar-refractivity contribution is 0.0981. The minimum absolute atomic E-state index is 0.427. The molecule has 0 amide bonds. The molecule has 11 heavy (non-hydrogen) atoms. The molecule has 1 nitrogen and oxygen atoms in total. The third-order valence-electron chi connectivity index (χ3n) is 3.76. The summed E-state index contributed by atoms with van der Waals surface area (Å²) in [7, 11) is 0. The second kappa shape index (κ2) is 2.48. The zero-order chi connectivity index (χ0) is 8.70. The fourth-order valence-corrected chi connectivity index (χ4v) is 2.01. The molecule has 1 rings (SSSR count). The van der Waals surface area contributed by atoms with Crippen molar-refractivity contribution in [2.24, 2.45) is 10.8 Å². The van der Waals surface area contributed by atoms with E-state index in [4.69, 9.17) is 0 Å². The Hall–Kier alpha value is -0.0400. The molecule has 1 aliphatic rings. The molecule has 0 aromatic carbocycles. The van der Waals surface area contributed by atoms with Crippen molar-refractivity contribution in [1.29, 1.82) is 0 Å². The summed E-state index contributed by atoms with van der Waals surface area (Å²) < 4.78 is 0. The zero-order valence-corrected chi connectivity index (χ0v) is 8.49. The highest BCUT2D eigenvalue weighted by atomic mass is 15.0. The Morgan fingerprint density at radius 2 is 1.91 bits per heavy atom. The van der Waals surface area contributed by atoms with E-state index >= 15 is 0 Å². The monoisotopic (exact) mass is 155 g/mol. The van der Waals surface area contributed by atoms with Crippen LogP contribution in [0, 0.1) is 10.8 Å². The first-order valence-electron chi connectivity index (χ1n) is 4.61. The van der Waals surface area contributed by atoms with Crippen LogP contribution in [0.15, 0.2) is 0 Å². The molecule has 0 radical (unpaired) electrons. The van der Waals surface area contributed by atoms with Crippen LogP contribution in [0.3, 0.4) is 0 Å². The van der Waals surface area contributed by atoms with E-state index < -0.39 is 0 Å². The molecule has 66 valence electrons. The lowest BCUT2D eigenvalue weighted by atomic mass is 9.64. The largest absolute Gasteiger partial charge is 0.314 e. The maximum atomic E-state index is 3.52. The van der Waals surface area contributed by atoms with E-state index in [1.807, 2.05) is 0 Å². The molecular formula is C10H21N. The fourth-order valence-electron chi connectivity index (χ4n) is 2.01. The summed E-state index contributed by atoms with van der Waals surface area (Å²) >= 11 is 0. The SMILES string of the molecule is CC1NCCC1(C)C(C)(C)C. The average molecular weight is 155 g/mol. The van der Waals surface area contributed by atoms with E-state index in [0.29, 0.717) is 16.9 Å². The molecule has 0 spiro atoms. The Balaban J connectivity index is 2.81. The van der Waals surface area contributed by atoms with Gasteiger partial charge in [-0.1, -0.05) is 27.7 Å². The van der Waals surface area contributed by atoms with Crippen LogP contribution in [0.2, 0.25) is 0 Å². The summed E-state index contributed by atoms with van der Waals surface area (Å²) in [6.07, 6.45) is 1.32. The van der Waals surface area contributed by atoms with Crippen LogP contribution >= 0.6 is 0 Å². The van der Waals surface area contributed by atoms with Gasteiger partial charge in [-0.15, -0.1) is 0 Å². The van der Waals surface area contributed by atoms with Gasteiger partial charge in [0.1, 0.15) is 0 Å².